The first-order chi connectivity index (χ1) is 19.0. The van der Waals surface area contributed by atoms with Crippen molar-refractivity contribution >= 4 is 0 Å². The minimum absolute atomic E-state index is 0.0221. The second kappa shape index (κ2) is 12.4. The van der Waals surface area contributed by atoms with E-state index in [-0.39, 0.29) is 23.0 Å². The largest absolute Gasteiger partial charge is 0.206 e. The van der Waals surface area contributed by atoms with Crippen LogP contribution in [-0.2, 0) is 25.7 Å². The molecule has 0 saturated heterocycles. The Balaban J connectivity index is 1.23. The van der Waals surface area contributed by atoms with Crippen LogP contribution in [0.25, 0.3) is 0 Å². The van der Waals surface area contributed by atoms with E-state index >= 15 is 13.2 Å². The zero-order valence-corrected chi connectivity index (χ0v) is 22.9. The fourth-order valence-electron chi connectivity index (χ4n) is 6.76. The normalized spacial score (nSPS) is 20.8. The molecule has 0 N–H and O–H groups in total. The van der Waals surface area contributed by atoms with Gasteiger partial charge >= 0.3 is 0 Å². The molecular weight excluding hydrogens is 491 g/mol. The van der Waals surface area contributed by atoms with E-state index in [0.717, 1.165) is 44.1 Å². The summed E-state index contributed by atoms with van der Waals surface area (Å²) in [4.78, 5) is 0. The van der Waals surface area contributed by atoms with Crippen molar-refractivity contribution in [3.8, 4) is 6.07 Å². The lowest BCUT2D eigenvalue weighted by Crippen LogP contribution is -2.22. The van der Waals surface area contributed by atoms with Crippen LogP contribution in [0.15, 0.2) is 48.5 Å². The van der Waals surface area contributed by atoms with Crippen LogP contribution in [0.4, 0.5) is 13.2 Å². The molecule has 0 radical (unpaired) electrons. The summed E-state index contributed by atoms with van der Waals surface area (Å²) in [7, 11) is 0. The van der Waals surface area contributed by atoms with E-state index in [4.69, 9.17) is 5.26 Å². The number of fused-ring (bicyclic) bond motifs is 1. The number of benzene rings is 3. The van der Waals surface area contributed by atoms with E-state index in [0.29, 0.717) is 42.7 Å². The Hall–Kier alpha value is -3.06. The van der Waals surface area contributed by atoms with Gasteiger partial charge in [0.05, 0.1) is 11.6 Å². The fourth-order valence-corrected chi connectivity index (χ4v) is 6.76. The lowest BCUT2D eigenvalue weighted by atomic mass is 9.73. The summed E-state index contributed by atoms with van der Waals surface area (Å²) in [5.41, 5.74) is 5.07. The Morgan fingerprint density at radius 2 is 1.38 bits per heavy atom. The van der Waals surface area contributed by atoms with Crippen LogP contribution in [0.1, 0.15) is 109 Å². The van der Waals surface area contributed by atoms with Crippen molar-refractivity contribution < 1.29 is 13.2 Å². The Kier molecular flexibility index (Phi) is 8.75. The maximum atomic E-state index is 15.7. The van der Waals surface area contributed by atoms with Gasteiger partial charge in [-0.15, -0.1) is 0 Å². The van der Waals surface area contributed by atoms with Gasteiger partial charge in [-0.25, -0.2) is 13.2 Å². The number of rotatable bonds is 8. The average Bonchev–Trinajstić information content (AvgIpc) is 2.99. The molecule has 5 rings (SSSR count). The molecule has 2 aliphatic carbocycles. The molecule has 0 bridgehead atoms. The zero-order chi connectivity index (χ0) is 27.4. The van der Waals surface area contributed by atoms with Gasteiger partial charge in [0, 0.05) is 5.56 Å². The van der Waals surface area contributed by atoms with Crippen LogP contribution in [0.5, 0.6) is 0 Å². The summed E-state index contributed by atoms with van der Waals surface area (Å²) in [6.45, 7) is 2.20. The first kappa shape index (κ1) is 27.5. The van der Waals surface area contributed by atoms with Crippen molar-refractivity contribution in [3.05, 3.63) is 105 Å². The van der Waals surface area contributed by atoms with Gasteiger partial charge in [-0.1, -0.05) is 49.7 Å². The highest BCUT2D eigenvalue weighted by molar-refractivity contribution is 5.41. The lowest BCUT2D eigenvalue weighted by molar-refractivity contribution is 0.354. The molecule has 1 fully saturated rings. The summed E-state index contributed by atoms with van der Waals surface area (Å²) in [6, 6.07) is 18.5. The summed E-state index contributed by atoms with van der Waals surface area (Å²) < 4.78 is 46.6. The van der Waals surface area contributed by atoms with E-state index < -0.39 is 17.5 Å². The first-order valence-corrected chi connectivity index (χ1v) is 14.7. The first-order valence-electron chi connectivity index (χ1n) is 14.7. The minimum Gasteiger partial charge on any atom is -0.206 e. The molecule has 1 unspecified atom stereocenters. The van der Waals surface area contributed by atoms with Crippen molar-refractivity contribution in [2.45, 2.75) is 95.8 Å². The number of unbranched alkanes of at least 4 members (excludes halogenated alkanes) is 1. The van der Waals surface area contributed by atoms with Gasteiger partial charge in [-0.3, -0.25) is 0 Å². The lowest BCUT2D eigenvalue weighted by Gasteiger charge is -2.32. The van der Waals surface area contributed by atoms with Crippen LogP contribution in [0.2, 0.25) is 0 Å². The van der Waals surface area contributed by atoms with Gasteiger partial charge in [0.2, 0.25) is 0 Å². The molecule has 204 valence electrons. The van der Waals surface area contributed by atoms with E-state index in [2.05, 4.69) is 37.3 Å². The predicted molar refractivity (Wildman–Crippen MR) is 150 cm³/mol. The molecule has 1 saturated carbocycles. The highest BCUT2D eigenvalue weighted by Crippen LogP contribution is 2.44. The van der Waals surface area contributed by atoms with Gasteiger partial charge in [0.15, 0.2) is 11.6 Å². The molecule has 1 atom stereocenters. The number of hydrogen-bond donors (Lipinski definition) is 0. The van der Waals surface area contributed by atoms with Crippen LogP contribution in [0.3, 0.4) is 0 Å². The third-order valence-electron chi connectivity index (χ3n) is 9.19. The van der Waals surface area contributed by atoms with Crippen LogP contribution >= 0.6 is 0 Å². The second-order valence-electron chi connectivity index (χ2n) is 11.7. The molecule has 0 spiro atoms. The molecule has 1 nitrogen and oxygen atoms in total. The predicted octanol–water partition coefficient (Wildman–Crippen LogP) is 9.50. The SMILES string of the molecule is CCCCc1ccc(CCC2CCc3c(F)c(C4CCC(c5ccc(C#N)cc5)CC4)c(F)c(F)c3C2)cc1. The van der Waals surface area contributed by atoms with E-state index in [1.165, 1.54) is 24.0 Å². The highest BCUT2D eigenvalue weighted by atomic mass is 19.2. The van der Waals surface area contributed by atoms with Gasteiger partial charge in [-0.2, -0.15) is 5.26 Å². The minimum atomic E-state index is -0.962. The summed E-state index contributed by atoms with van der Waals surface area (Å²) in [5, 5.41) is 9.03. The second-order valence-corrected chi connectivity index (χ2v) is 11.7. The summed E-state index contributed by atoms with van der Waals surface area (Å²) >= 11 is 0. The monoisotopic (exact) mass is 529 g/mol. The van der Waals surface area contributed by atoms with Gasteiger partial charge in [-0.05, 0) is 128 Å². The number of aryl methyl sites for hydroxylation is 2. The number of nitriles is 1. The standard InChI is InChI=1S/C35H38F3N/c1-2-3-4-23-5-7-24(8-6-23)9-10-25-13-20-30-31(21-25)34(37)35(38)32(33(30)36)29-18-16-28(17-19-29)27-14-11-26(22-39)12-15-27/h5-8,11-12,14-15,25,28-29H,2-4,9-10,13,16-21H2,1H3. The van der Waals surface area contributed by atoms with Crippen molar-refractivity contribution in [1.82, 2.24) is 0 Å². The smallest absolute Gasteiger partial charge is 0.165 e. The van der Waals surface area contributed by atoms with E-state index in [9.17, 15) is 0 Å². The molecule has 3 aromatic carbocycles. The number of halogens is 3. The summed E-state index contributed by atoms with van der Waals surface area (Å²) in [6.07, 6.45) is 9.87. The molecule has 0 aromatic heterocycles. The van der Waals surface area contributed by atoms with Gasteiger partial charge in [0.25, 0.3) is 0 Å². The molecule has 39 heavy (non-hydrogen) atoms. The van der Waals surface area contributed by atoms with Crippen LogP contribution < -0.4 is 0 Å². The molecule has 0 heterocycles. The average molecular weight is 530 g/mol. The van der Waals surface area contributed by atoms with Crippen molar-refractivity contribution in [3.63, 3.8) is 0 Å². The maximum Gasteiger partial charge on any atom is 0.165 e. The van der Waals surface area contributed by atoms with Crippen molar-refractivity contribution in [1.29, 1.82) is 5.26 Å². The molecular formula is C35H38F3N. The number of nitrogens with zero attached hydrogens (tertiary/aromatic N) is 1. The topological polar surface area (TPSA) is 23.8 Å². The van der Waals surface area contributed by atoms with Crippen molar-refractivity contribution in [2.24, 2.45) is 5.92 Å². The maximum absolute atomic E-state index is 15.7. The molecule has 2 aliphatic rings. The molecule has 3 aromatic rings. The fraction of sp³-hybridized carbons (Fsp3) is 0.457. The van der Waals surface area contributed by atoms with Gasteiger partial charge < -0.3 is 0 Å². The Morgan fingerprint density at radius 3 is 2.03 bits per heavy atom. The van der Waals surface area contributed by atoms with Crippen LogP contribution in [-0.4, -0.2) is 0 Å². The molecule has 4 heteroatoms. The molecule has 0 amide bonds. The van der Waals surface area contributed by atoms with Gasteiger partial charge in [0.1, 0.15) is 5.82 Å². The quantitative estimate of drug-likeness (QED) is 0.267. The van der Waals surface area contributed by atoms with E-state index in [1.807, 2.05) is 24.3 Å². The van der Waals surface area contributed by atoms with Crippen molar-refractivity contribution in [2.75, 3.05) is 0 Å². The Bertz CT molecular complexity index is 1310. The van der Waals surface area contributed by atoms with E-state index in [1.54, 1.807) is 0 Å². The Morgan fingerprint density at radius 1 is 0.744 bits per heavy atom. The Labute approximate surface area is 231 Å². The zero-order valence-electron chi connectivity index (χ0n) is 22.9. The van der Waals surface area contributed by atoms with Crippen LogP contribution in [0, 0.1) is 34.7 Å². The highest BCUT2D eigenvalue weighted by Gasteiger charge is 2.34. The molecule has 0 aliphatic heterocycles. The third kappa shape index (κ3) is 6.08. The number of hydrogen-bond acceptors (Lipinski definition) is 1. The summed E-state index contributed by atoms with van der Waals surface area (Å²) in [5.74, 6) is -2.03. The third-order valence-corrected chi connectivity index (χ3v) is 9.19.